The van der Waals surface area contributed by atoms with Crippen LogP contribution >= 0.6 is 0 Å². The number of nitrogens with zero attached hydrogens (tertiary/aromatic N) is 3. The fraction of sp³-hybridized carbons (Fsp3) is 0.524. The summed E-state index contributed by atoms with van der Waals surface area (Å²) in [6.07, 6.45) is 3.23. The average molecular weight is 352 g/mol. The van der Waals surface area contributed by atoms with Crippen LogP contribution in [-0.4, -0.2) is 40.5 Å². The molecule has 0 aliphatic carbocycles. The number of benzene rings is 1. The summed E-state index contributed by atoms with van der Waals surface area (Å²) >= 11 is 0. The number of aryl methyl sites for hydroxylation is 2. The number of nitrogens with one attached hydrogen (secondary N) is 1. The van der Waals surface area contributed by atoms with Crippen molar-refractivity contribution in [1.29, 1.82) is 0 Å². The maximum Gasteiger partial charge on any atom is 0.151 e. The second kappa shape index (κ2) is 6.88. The lowest BCUT2D eigenvalue weighted by atomic mass is 9.92. The van der Waals surface area contributed by atoms with E-state index in [9.17, 15) is 5.11 Å². The number of phenolic OH excluding ortho intramolecular Hbond substituents is 1. The first-order chi connectivity index (χ1) is 12.6. The molecular formula is C21H28N4O. The first-order valence-electron chi connectivity index (χ1n) is 9.73. The number of phenols is 1. The summed E-state index contributed by atoms with van der Waals surface area (Å²) in [5.74, 6) is 1.93. The first kappa shape index (κ1) is 17.3. The van der Waals surface area contributed by atoms with Crippen molar-refractivity contribution in [2.45, 2.75) is 52.1 Å². The second-order valence-corrected chi connectivity index (χ2v) is 7.85. The van der Waals surface area contributed by atoms with Crippen LogP contribution in [0.2, 0.25) is 0 Å². The molecule has 2 saturated heterocycles. The van der Waals surface area contributed by atoms with Crippen molar-refractivity contribution in [3.8, 4) is 17.0 Å². The third-order valence-corrected chi connectivity index (χ3v) is 5.84. The topological polar surface area (TPSA) is 61.3 Å². The van der Waals surface area contributed by atoms with Gasteiger partial charge in [0.15, 0.2) is 5.82 Å². The number of hydrogen-bond acceptors (Lipinski definition) is 5. The molecule has 3 heterocycles. The van der Waals surface area contributed by atoms with Crippen molar-refractivity contribution in [2.75, 3.05) is 18.0 Å². The molecule has 4 rings (SSSR count). The highest BCUT2D eigenvalue weighted by Crippen LogP contribution is 2.35. The molecule has 26 heavy (non-hydrogen) atoms. The molecular weight excluding hydrogens is 324 g/mol. The summed E-state index contributed by atoms with van der Waals surface area (Å²) in [6.45, 7) is 8.55. The highest BCUT2D eigenvalue weighted by Gasteiger charge is 2.38. The van der Waals surface area contributed by atoms with E-state index in [4.69, 9.17) is 0 Å². The van der Waals surface area contributed by atoms with E-state index in [1.54, 1.807) is 6.07 Å². The molecule has 138 valence electrons. The van der Waals surface area contributed by atoms with Crippen molar-refractivity contribution in [2.24, 2.45) is 5.92 Å². The molecule has 0 spiro atoms. The third-order valence-electron chi connectivity index (χ3n) is 5.84. The Hall–Kier alpha value is -2.14. The van der Waals surface area contributed by atoms with Gasteiger partial charge in [-0.25, -0.2) is 0 Å². The minimum Gasteiger partial charge on any atom is -0.507 e. The maximum absolute atomic E-state index is 10.4. The molecule has 1 aromatic heterocycles. The van der Waals surface area contributed by atoms with Crippen LogP contribution in [0.15, 0.2) is 24.3 Å². The minimum atomic E-state index is 0.287. The lowest BCUT2D eigenvalue weighted by Gasteiger charge is -2.36. The van der Waals surface area contributed by atoms with Crippen LogP contribution in [0.3, 0.4) is 0 Å². The molecule has 0 radical (unpaired) electrons. The molecule has 3 atom stereocenters. The Labute approximate surface area is 155 Å². The lowest BCUT2D eigenvalue weighted by molar-refractivity contribution is 0.310. The van der Waals surface area contributed by atoms with E-state index in [0.29, 0.717) is 18.0 Å². The van der Waals surface area contributed by atoms with Crippen LogP contribution in [0.25, 0.3) is 11.3 Å². The molecule has 2 fully saturated rings. The largest absolute Gasteiger partial charge is 0.507 e. The predicted molar refractivity (Wildman–Crippen MR) is 105 cm³/mol. The van der Waals surface area contributed by atoms with E-state index < -0.39 is 0 Å². The zero-order valence-corrected chi connectivity index (χ0v) is 15.9. The molecule has 2 aliphatic rings. The number of anilines is 1. The van der Waals surface area contributed by atoms with Crippen molar-refractivity contribution >= 4 is 5.82 Å². The fourth-order valence-electron chi connectivity index (χ4n) is 4.54. The smallest absolute Gasteiger partial charge is 0.151 e. The second-order valence-electron chi connectivity index (χ2n) is 7.85. The Balaban J connectivity index is 1.62. The monoisotopic (exact) mass is 352 g/mol. The highest BCUT2D eigenvalue weighted by atomic mass is 16.3. The normalized spacial score (nSPS) is 25.3. The zero-order chi connectivity index (χ0) is 18.3. The van der Waals surface area contributed by atoms with Crippen molar-refractivity contribution in [3.05, 3.63) is 35.4 Å². The summed E-state index contributed by atoms with van der Waals surface area (Å²) in [7, 11) is 0. The van der Waals surface area contributed by atoms with Crippen LogP contribution < -0.4 is 10.2 Å². The standard InChI is InChI=1S/C21H28N4O/c1-4-15-9-13(2)11-19(26)21(15)17-5-6-20(24-23-17)25-8-7-16-18(25)10-14(3)12-22-16/h5-6,9,11,14,16,18,22,26H,4,7-8,10,12H2,1-3H3/t14?,16-,18+/m1/s1. The number of fused-ring (bicyclic) bond motifs is 1. The molecule has 2 aliphatic heterocycles. The van der Waals surface area contributed by atoms with Gasteiger partial charge in [0.25, 0.3) is 0 Å². The van der Waals surface area contributed by atoms with E-state index in [0.717, 1.165) is 47.7 Å². The van der Waals surface area contributed by atoms with Gasteiger partial charge in [-0.15, -0.1) is 10.2 Å². The van der Waals surface area contributed by atoms with Crippen LogP contribution in [0.4, 0.5) is 5.82 Å². The quantitative estimate of drug-likeness (QED) is 0.887. The molecule has 5 heteroatoms. The zero-order valence-electron chi connectivity index (χ0n) is 15.9. The Bertz CT molecular complexity index is 789. The van der Waals surface area contributed by atoms with Gasteiger partial charge in [-0.3, -0.25) is 0 Å². The van der Waals surface area contributed by atoms with Gasteiger partial charge in [-0.05, 0) is 68.0 Å². The van der Waals surface area contributed by atoms with E-state index >= 15 is 0 Å². The molecule has 2 aromatic rings. The van der Waals surface area contributed by atoms with E-state index in [2.05, 4.69) is 46.4 Å². The van der Waals surface area contributed by atoms with Crippen molar-refractivity contribution in [1.82, 2.24) is 15.5 Å². The van der Waals surface area contributed by atoms with Crippen molar-refractivity contribution in [3.63, 3.8) is 0 Å². The first-order valence-corrected chi connectivity index (χ1v) is 9.73. The molecule has 0 amide bonds. The Kier molecular flexibility index (Phi) is 4.57. The number of rotatable bonds is 3. The van der Waals surface area contributed by atoms with Crippen LogP contribution in [0.1, 0.15) is 37.8 Å². The van der Waals surface area contributed by atoms with Gasteiger partial charge in [0.05, 0.1) is 5.69 Å². The average Bonchev–Trinajstić information content (AvgIpc) is 3.04. The molecule has 2 N–H and O–H groups in total. The predicted octanol–water partition coefficient (Wildman–Crippen LogP) is 3.30. The Morgan fingerprint density at radius 2 is 2.12 bits per heavy atom. The number of piperidine rings is 1. The number of aromatic hydroxyl groups is 1. The number of aromatic nitrogens is 2. The van der Waals surface area contributed by atoms with Gasteiger partial charge in [0.2, 0.25) is 0 Å². The fourth-order valence-corrected chi connectivity index (χ4v) is 4.54. The van der Waals surface area contributed by atoms with Crippen LogP contribution in [-0.2, 0) is 6.42 Å². The highest BCUT2D eigenvalue weighted by molar-refractivity contribution is 5.71. The van der Waals surface area contributed by atoms with Gasteiger partial charge in [0.1, 0.15) is 5.75 Å². The van der Waals surface area contributed by atoms with E-state index in [1.165, 1.54) is 12.8 Å². The van der Waals surface area contributed by atoms with Crippen LogP contribution in [0.5, 0.6) is 5.75 Å². The molecule has 1 unspecified atom stereocenters. The minimum absolute atomic E-state index is 0.287. The summed E-state index contributed by atoms with van der Waals surface area (Å²) in [5, 5.41) is 23.1. The van der Waals surface area contributed by atoms with Crippen molar-refractivity contribution < 1.29 is 5.11 Å². The van der Waals surface area contributed by atoms with Crippen LogP contribution in [0, 0.1) is 12.8 Å². The van der Waals surface area contributed by atoms with E-state index in [-0.39, 0.29) is 5.75 Å². The van der Waals surface area contributed by atoms with Gasteiger partial charge in [-0.2, -0.15) is 0 Å². The van der Waals surface area contributed by atoms with Gasteiger partial charge in [0, 0.05) is 24.2 Å². The molecule has 0 saturated carbocycles. The van der Waals surface area contributed by atoms with E-state index in [1.807, 2.05) is 13.0 Å². The number of hydrogen-bond donors (Lipinski definition) is 2. The molecule has 1 aromatic carbocycles. The van der Waals surface area contributed by atoms with Gasteiger partial charge >= 0.3 is 0 Å². The molecule has 5 nitrogen and oxygen atoms in total. The third kappa shape index (κ3) is 3.05. The SMILES string of the molecule is CCc1cc(C)cc(O)c1-c1ccc(N2CC[C@H]3NCC(C)C[C@@H]32)nn1. The Morgan fingerprint density at radius 1 is 1.27 bits per heavy atom. The summed E-state index contributed by atoms with van der Waals surface area (Å²) < 4.78 is 0. The Morgan fingerprint density at radius 3 is 2.85 bits per heavy atom. The summed E-state index contributed by atoms with van der Waals surface area (Å²) in [5.41, 5.74) is 3.73. The maximum atomic E-state index is 10.4. The summed E-state index contributed by atoms with van der Waals surface area (Å²) in [4.78, 5) is 2.40. The lowest BCUT2D eigenvalue weighted by Crippen LogP contribution is -2.50. The molecule has 0 bridgehead atoms. The van der Waals surface area contributed by atoms with Gasteiger partial charge < -0.3 is 15.3 Å². The van der Waals surface area contributed by atoms with Gasteiger partial charge in [-0.1, -0.05) is 19.9 Å². The summed E-state index contributed by atoms with van der Waals surface area (Å²) in [6, 6.07) is 9.05.